The van der Waals surface area contributed by atoms with Crippen LogP contribution < -0.4 is 5.32 Å². The molecule has 0 fully saturated rings. The average Bonchev–Trinajstić information content (AvgIpc) is 1.87. The van der Waals surface area contributed by atoms with Crippen LogP contribution in [0.5, 0.6) is 0 Å². The van der Waals surface area contributed by atoms with Gasteiger partial charge in [0.1, 0.15) is 0 Å². The first kappa shape index (κ1) is 10.3. The van der Waals surface area contributed by atoms with Crippen LogP contribution in [0.2, 0.25) is 0 Å². The Hall–Kier alpha value is -0.710. The lowest BCUT2D eigenvalue weighted by Crippen LogP contribution is -2.20. The van der Waals surface area contributed by atoms with E-state index in [0.29, 0.717) is 6.04 Å². The van der Waals surface area contributed by atoms with Gasteiger partial charge in [-0.2, -0.15) is 5.26 Å². The Kier molecular flexibility index (Phi) is 5.64. The van der Waals surface area contributed by atoms with E-state index in [1.54, 1.807) is 0 Å². The quantitative estimate of drug-likeness (QED) is 0.487. The Morgan fingerprint density at radius 3 is 2.36 bits per heavy atom. The monoisotopic (exact) mass is 154 g/mol. The van der Waals surface area contributed by atoms with E-state index < -0.39 is 0 Å². The summed E-state index contributed by atoms with van der Waals surface area (Å²) in [5.41, 5.74) is 0. The van der Waals surface area contributed by atoms with Crippen molar-refractivity contribution in [1.29, 1.82) is 5.26 Å². The molecule has 1 N–H and O–H groups in total. The Morgan fingerprint density at radius 2 is 1.91 bits per heavy atom. The molecule has 0 aliphatic rings. The van der Waals surface area contributed by atoms with Gasteiger partial charge in [-0.05, 0) is 19.3 Å². The molecule has 1 atom stereocenters. The first-order chi connectivity index (χ1) is 5.16. The zero-order chi connectivity index (χ0) is 8.69. The predicted octanol–water partition coefficient (Wildman–Crippen LogP) is 2.27. The third-order valence-electron chi connectivity index (χ3n) is 1.73. The first-order valence-corrected chi connectivity index (χ1v) is 4.31. The minimum absolute atomic E-state index is 0.346. The first-order valence-electron chi connectivity index (χ1n) is 4.31. The number of hydrogen-bond acceptors (Lipinski definition) is 2. The normalized spacial score (nSPS) is 12.6. The number of nitriles is 1. The van der Waals surface area contributed by atoms with Crippen LogP contribution in [0.15, 0.2) is 0 Å². The highest BCUT2D eigenvalue weighted by Crippen LogP contribution is 2.07. The topological polar surface area (TPSA) is 35.8 Å². The van der Waals surface area contributed by atoms with Gasteiger partial charge in [-0.25, -0.2) is 0 Å². The molecule has 11 heavy (non-hydrogen) atoms. The molecular formula is C9H18N2. The van der Waals surface area contributed by atoms with Gasteiger partial charge in [0.15, 0.2) is 6.19 Å². The van der Waals surface area contributed by atoms with Crippen molar-refractivity contribution in [3.05, 3.63) is 0 Å². The Labute approximate surface area is 69.6 Å². The van der Waals surface area contributed by atoms with E-state index in [1.807, 2.05) is 13.1 Å². The molecule has 0 saturated carbocycles. The summed E-state index contributed by atoms with van der Waals surface area (Å²) in [6.45, 7) is 6.49. The molecule has 0 heterocycles. The molecule has 2 heteroatoms. The van der Waals surface area contributed by atoms with Crippen molar-refractivity contribution in [3.63, 3.8) is 0 Å². The standard InChI is InChI=1S/C9H18N2/c1-8(2)5-4-6-9(3)11-7-10/h8-9,11H,4-6H2,1-3H3. The molecule has 0 aromatic carbocycles. The molecule has 0 amide bonds. The summed E-state index contributed by atoms with van der Waals surface area (Å²) in [5, 5.41) is 11.0. The van der Waals surface area contributed by atoms with Gasteiger partial charge in [-0.15, -0.1) is 0 Å². The minimum Gasteiger partial charge on any atom is -0.321 e. The van der Waals surface area contributed by atoms with E-state index in [-0.39, 0.29) is 0 Å². The summed E-state index contributed by atoms with van der Waals surface area (Å²) in [6, 6.07) is 0.346. The van der Waals surface area contributed by atoms with Crippen molar-refractivity contribution < 1.29 is 0 Å². The van der Waals surface area contributed by atoms with Gasteiger partial charge in [0.25, 0.3) is 0 Å². The maximum Gasteiger partial charge on any atom is 0.176 e. The van der Waals surface area contributed by atoms with Gasteiger partial charge >= 0.3 is 0 Å². The number of nitrogens with zero attached hydrogens (tertiary/aromatic N) is 1. The van der Waals surface area contributed by atoms with Crippen LogP contribution in [0.3, 0.4) is 0 Å². The van der Waals surface area contributed by atoms with Crippen molar-refractivity contribution in [2.75, 3.05) is 0 Å². The molecule has 0 aromatic rings. The summed E-state index contributed by atoms with van der Waals surface area (Å²) < 4.78 is 0. The van der Waals surface area contributed by atoms with Crippen molar-refractivity contribution in [3.8, 4) is 6.19 Å². The third kappa shape index (κ3) is 7.18. The van der Waals surface area contributed by atoms with Gasteiger partial charge < -0.3 is 5.32 Å². The maximum absolute atomic E-state index is 8.28. The third-order valence-corrected chi connectivity index (χ3v) is 1.73. The Balaban J connectivity index is 3.18. The van der Waals surface area contributed by atoms with Gasteiger partial charge in [0, 0.05) is 6.04 Å². The van der Waals surface area contributed by atoms with Crippen LogP contribution in [0, 0.1) is 17.4 Å². The van der Waals surface area contributed by atoms with E-state index in [0.717, 1.165) is 12.3 Å². The van der Waals surface area contributed by atoms with Crippen molar-refractivity contribution >= 4 is 0 Å². The molecule has 0 saturated heterocycles. The van der Waals surface area contributed by atoms with Crippen LogP contribution in [0.1, 0.15) is 40.0 Å². The minimum atomic E-state index is 0.346. The molecule has 0 aromatic heterocycles. The molecule has 1 unspecified atom stereocenters. The highest BCUT2D eigenvalue weighted by Gasteiger charge is 2.00. The summed E-state index contributed by atoms with van der Waals surface area (Å²) in [7, 11) is 0. The van der Waals surface area contributed by atoms with Crippen molar-refractivity contribution in [2.45, 2.75) is 46.1 Å². The van der Waals surface area contributed by atoms with E-state index in [9.17, 15) is 0 Å². The second-order valence-electron chi connectivity index (χ2n) is 3.48. The fourth-order valence-electron chi connectivity index (χ4n) is 1.01. The summed E-state index contributed by atoms with van der Waals surface area (Å²) >= 11 is 0. The lowest BCUT2D eigenvalue weighted by molar-refractivity contribution is 0.490. The van der Waals surface area contributed by atoms with E-state index >= 15 is 0 Å². The fourth-order valence-corrected chi connectivity index (χ4v) is 1.01. The fraction of sp³-hybridized carbons (Fsp3) is 0.889. The SMILES string of the molecule is CC(C)CCCC(C)NC#N. The maximum atomic E-state index is 8.28. The van der Waals surface area contributed by atoms with Gasteiger partial charge in [-0.3, -0.25) is 0 Å². The predicted molar refractivity (Wildman–Crippen MR) is 46.9 cm³/mol. The van der Waals surface area contributed by atoms with Crippen LogP contribution >= 0.6 is 0 Å². The molecule has 2 nitrogen and oxygen atoms in total. The zero-order valence-electron chi connectivity index (χ0n) is 7.72. The van der Waals surface area contributed by atoms with Crippen LogP contribution in [-0.2, 0) is 0 Å². The lowest BCUT2D eigenvalue weighted by atomic mass is 10.0. The molecule has 0 rings (SSSR count). The summed E-state index contributed by atoms with van der Waals surface area (Å²) in [5.74, 6) is 0.782. The van der Waals surface area contributed by atoms with Crippen LogP contribution in [0.25, 0.3) is 0 Å². The number of rotatable bonds is 5. The van der Waals surface area contributed by atoms with Gasteiger partial charge in [0.05, 0.1) is 0 Å². The molecule has 0 spiro atoms. The molecule has 64 valence electrons. The second kappa shape index (κ2) is 6.03. The van der Waals surface area contributed by atoms with Gasteiger partial charge in [0.2, 0.25) is 0 Å². The molecule has 0 bridgehead atoms. The number of nitrogens with one attached hydrogen (secondary N) is 1. The summed E-state index contributed by atoms with van der Waals surface area (Å²) in [6.07, 6.45) is 5.54. The zero-order valence-corrected chi connectivity index (χ0v) is 7.72. The molecule has 0 aliphatic heterocycles. The second-order valence-corrected chi connectivity index (χ2v) is 3.48. The number of hydrogen-bond donors (Lipinski definition) is 1. The molecular weight excluding hydrogens is 136 g/mol. The smallest absolute Gasteiger partial charge is 0.176 e. The summed E-state index contributed by atoms with van der Waals surface area (Å²) in [4.78, 5) is 0. The largest absolute Gasteiger partial charge is 0.321 e. The van der Waals surface area contributed by atoms with Gasteiger partial charge in [-0.1, -0.05) is 26.7 Å². The molecule has 0 radical (unpaired) electrons. The van der Waals surface area contributed by atoms with E-state index in [1.165, 1.54) is 12.8 Å². The lowest BCUT2D eigenvalue weighted by Gasteiger charge is -2.09. The van der Waals surface area contributed by atoms with E-state index in [2.05, 4.69) is 19.2 Å². The van der Waals surface area contributed by atoms with Crippen molar-refractivity contribution in [1.82, 2.24) is 5.32 Å². The average molecular weight is 154 g/mol. The van der Waals surface area contributed by atoms with E-state index in [4.69, 9.17) is 5.26 Å². The molecule has 0 aliphatic carbocycles. The highest BCUT2D eigenvalue weighted by molar-refractivity contribution is 4.72. The van der Waals surface area contributed by atoms with Crippen LogP contribution in [-0.4, -0.2) is 6.04 Å². The highest BCUT2D eigenvalue weighted by atomic mass is 14.9. The Morgan fingerprint density at radius 1 is 1.27 bits per heavy atom. The van der Waals surface area contributed by atoms with Crippen molar-refractivity contribution in [2.24, 2.45) is 5.92 Å². The Bertz CT molecular complexity index is 124. The van der Waals surface area contributed by atoms with Crippen LogP contribution in [0.4, 0.5) is 0 Å².